The van der Waals surface area contributed by atoms with Gasteiger partial charge < -0.3 is 13.9 Å². The minimum absolute atomic E-state index is 0.548. The van der Waals surface area contributed by atoms with Crippen LogP contribution in [0.15, 0.2) is 259 Å². The molecule has 0 aliphatic heterocycles. The number of hydrogen-bond acceptors (Lipinski definition) is 2. The molecule has 0 saturated carbocycles. The first-order valence-corrected chi connectivity index (χ1v) is 23.4. The van der Waals surface area contributed by atoms with Crippen molar-refractivity contribution in [2.75, 3.05) is 4.90 Å². The van der Waals surface area contributed by atoms with E-state index in [2.05, 4.69) is 264 Å². The summed E-state index contributed by atoms with van der Waals surface area (Å²) in [6.45, 7) is 0. The van der Waals surface area contributed by atoms with Crippen molar-refractivity contribution >= 4 is 71.6 Å². The minimum atomic E-state index is -0.548. The number of furan rings is 1. The number of aromatic nitrogens is 1. The zero-order chi connectivity index (χ0) is 44.8. The van der Waals surface area contributed by atoms with Crippen LogP contribution in [0.4, 0.5) is 17.1 Å². The molecule has 318 valence electrons. The van der Waals surface area contributed by atoms with Crippen LogP contribution in [0.3, 0.4) is 0 Å². The number of para-hydroxylation sites is 3. The maximum absolute atomic E-state index is 6.63. The number of nitrogens with zero attached hydrogens (tertiary/aromatic N) is 2. The fraction of sp³-hybridized carbons (Fsp3) is 0.0154. The third kappa shape index (κ3) is 5.54. The highest BCUT2D eigenvalue weighted by atomic mass is 16.3. The first-order valence-electron chi connectivity index (χ1n) is 23.4. The van der Waals surface area contributed by atoms with Gasteiger partial charge >= 0.3 is 0 Å². The Morgan fingerprint density at radius 1 is 0.382 bits per heavy atom. The third-order valence-electron chi connectivity index (χ3n) is 14.5. The van der Waals surface area contributed by atoms with Gasteiger partial charge in [-0.25, -0.2) is 0 Å². The van der Waals surface area contributed by atoms with Gasteiger partial charge in [0.15, 0.2) is 0 Å². The number of hydrogen-bond donors (Lipinski definition) is 0. The molecule has 11 aromatic carbocycles. The van der Waals surface area contributed by atoms with Crippen molar-refractivity contribution in [3.63, 3.8) is 0 Å². The summed E-state index contributed by atoms with van der Waals surface area (Å²) >= 11 is 0. The molecule has 0 atom stereocenters. The van der Waals surface area contributed by atoms with E-state index in [1.807, 2.05) is 0 Å². The van der Waals surface area contributed by atoms with Gasteiger partial charge in [-0.1, -0.05) is 188 Å². The highest BCUT2D eigenvalue weighted by molar-refractivity contribution is 6.16. The quantitative estimate of drug-likeness (QED) is 0.159. The normalized spacial score (nSPS) is 12.8. The van der Waals surface area contributed by atoms with Crippen LogP contribution in [0.2, 0.25) is 0 Å². The highest BCUT2D eigenvalue weighted by Gasteiger charge is 2.47. The molecule has 1 aliphatic carbocycles. The van der Waals surface area contributed by atoms with Crippen molar-refractivity contribution < 1.29 is 4.42 Å². The first kappa shape index (κ1) is 38.4. The SMILES string of the molecule is c1ccc(C2(c3ccccc3)c3ccccc3-c3c(N(c4ccc(-n5c6ccccc6c6ccccc65)cc4)c4ccccc4-c4ccc5oc6c7ccccc7ccc6c5c4)cccc32)cc1. The van der Waals surface area contributed by atoms with E-state index in [9.17, 15) is 0 Å². The minimum Gasteiger partial charge on any atom is -0.455 e. The molecule has 0 radical (unpaired) electrons. The molecule has 3 nitrogen and oxygen atoms in total. The molecule has 2 heterocycles. The molecular weight excluding hydrogens is 825 g/mol. The summed E-state index contributed by atoms with van der Waals surface area (Å²) in [7, 11) is 0. The molecule has 0 bridgehead atoms. The average Bonchev–Trinajstić information content (AvgIpc) is 4.06. The van der Waals surface area contributed by atoms with Gasteiger partial charge in [-0.2, -0.15) is 0 Å². The number of rotatable bonds is 7. The molecule has 3 heteroatoms. The molecule has 0 unspecified atom stereocenters. The molecule has 0 fully saturated rings. The summed E-state index contributed by atoms with van der Waals surface area (Å²) in [5.41, 5.74) is 17.7. The van der Waals surface area contributed by atoms with Gasteiger partial charge in [-0.05, 0) is 105 Å². The van der Waals surface area contributed by atoms with E-state index in [1.165, 1.54) is 60.6 Å². The van der Waals surface area contributed by atoms with Crippen molar-refractivity contribution in [1.29, 1.82) is 0 Å². The van der Waals surface area contributed by atoms with Gasteiger partial charge in [0.05, 0.1) is 27.8 Å². The van der Waals surface area contributed by atoms with Crippen molar-refractivity contribution in [3.8, 4) is 27.9 Å². The zero-order valence-electron chi connectivity index (χ0n) is 37.1. The topological polar surface area (TPSA) is 21.3 Å². The molecular formula is C65H42N2O. The largest absolute Gasteiger partial charge is 0.455 e. The van der Waals surface area contributed by atoms with Crippen LogP contribution in [0.5, 0.6) is 0 Å². The van der Waals surface area contributed by atoms with Crippen LogP contribution in [0, 0.1) is 0 Å². The van der Waals surface area contributed by atoms with E-state index in [-0.39, 0.29) is 0 Å². The fourth-order valence-electron chi connectivity index (χ4n) is 11.6. The summed E-state index contributed by atoms with van der Waals surface area (Å²) in [5, 5.41) is 7.01. The lowest BCUT2D eigenvalue weighted by Gasteiger charge is -2.34. The van der Waals surface area contributed by atoms with E-state index in [4.69, 9.17) is 4.42 Å². The number of anilines is 3. The second kappa shape index (κ2) is 15.1. The smallest absolute Gasteiger partial charge is 0.143 e. The summed E-state index contributed by atoms with van der Waals surface area (Å²) in [5.74, 6) is 0. The van der Waals surface area contributed by atoms with Crippen LogP contribution < -0.4 is 4.90 Å². The van der Waals surface area contributed by atoms with Crippen molar-refractivity contribution in [3.05, 3.63) is 277 Å². The molecule has 13 aromatic rings. The highest BCUT2D eigenvalue weighted by Crippen LogP contribution is 2.60. The Kier molecular flexibility index (Phi) is 8.50. The maximum Gasteiger partial charge on any atom is 0.143 e. The third-order valence-corrected chi connectivity index (χ3v) is 14.5. The van der Waals surface area contributed by atoms with Gasteiger partial charge in [-0.15, -0.1) is 0 Å². The van der Waals surface area contributed by atoms with Gasteiger partial charge in [0, 0.05) is 49.4 Å². The Labute approximate surface area is 394 Å². The molecule has 0 amide bonds. The zero-order valence-corrected chi connectivity index (χ0v) is 37.1. The lowest BCUT2D eigenvalue weighted by molar-refractivity contribution is 0.672. The van der Waals surface area contributed by atoms with Gasteiger partial charge in [0.1, 0.15) is 11.2 Å². The monoisotopic (exact) mass is 866 g/mol. The van der Waals surface area contributed by atoms with Gasteiger partial charge in [0.2, 0.25) is 0 Å². The first-order chi connectivity index (χ1) is 33.8. The molecule has 0 saturated heterocycles. The molecule has 2 aromatic heterocycles. The van der Waals surface area contributed by atoms with Crippen molar-refractivity contribution in [2.45, 2.75) is 5.41 Å². The Morgan fingerprint density at radius 2 is 0.971 bits per heavy atom. The molecule has 0 spiro atoms. The lowest BCUT2D eigenvalue weighted by Crippen LogP contribution is -2.28. The fourth-order valence-corrected chi connectivity index (χ4v) is 11.6. The Morgan fingerprint density at radius 3 is 1.71 bits per heavy atom. The summed E-state index contributed by atoms with van der Waals surface area (Å²) in [4.78, 5) is 2.50. The average molecular weight is 867 g/mol. The van der Waals surface area contributed by atoms with Crippen LogP contribution in [0.25, 0.3) is 82.5 Å². The van der Waals surface area contributed by atoms with Gasteiger partial charge in [0.25, 0.3) is 0 Å². The van der Waals surface area contributed by atoms with E-state index in [1.54, 1.807) is 0 Å². The number of benzene rings is 11. The lowest BCUT2D eigenvalue weighted by atomic mass is 9.68. The summed E-state index contributed by atoms with van der Waals surface area (Å²) in [6.07, 6.45) is 0. The Balaban J connectivity index is 1.03. The van der Waals surface area contributed by atoms with Crippen molar-refractivity contribution in [1.82, 2.24) is 4.57 Å². The van der Waals surface area contributed by atoms with Crippen LogP contribution in [0.1, 0.15) is 22.3 Å². The second-order valence-corrected chi connectivity index (χ2v) is 17.9. The predicted molar refractivity (Wildman–Crippen MR) is 283 cm³/mol. The second-order valence-electron chi connectivity index (χ2n) is 17.9. The molecule has 0 N–H and O–H groups in total. The van der Waals surface area contributed by atoms with E-state index in [0.717, 1.165) is 61.2 Å². The van der Waals surface area contributed by atoms with Gasteiger partial charge in [-0.3, -0.25) is 0 Å². The predicted octanol–water partition coefficient (Wildman–Crippen LogP) is 17.3. The van der Waals surface area contributed by atoms with Crippen LogP contribution in [-0.2, 0) is 5.41 Å². The standard InChI is InChI=1S/C65H42N2O/c1-3-19-45(20-4-1)65(46-21-5-2-6-22-46)56-28-13-9-27-54(56)63-57(65)29-17-33-61(63)67(48-38-36-47(37-39-48)66-59-31-15-11-25-51(59)52-26-12-16-32-60(52)66)58-30-14-10-23-49(58)44-35-41-62-55(42-44)53-40-34-43-18-7-8-24-50(43)64(53)68-62/h1-42H. The van der Waals surface area contributed by atoms with Crippen LogP contribution >= 0.6 is 0 Å². The number of fused-ring (bicyclic) bond motifs is 11. The van der Waals surface area contributed by atoms with Crippen LogP contribution in [-0.4, -0.2) is 4.57 Å². The molecule has 14 rings (SSSR count). The van der Waals surface area contributed by atoms with E-state index >= 15 is 0 Å². The van der Waals surface area contributed by atoms with E-state index in [0.29, 0.717) is 0 Å². The summed E-state index contributed by atoms with van der Waals surface area (Å²) < 4.78 is 9.03. The summed E-state index contributed by atoms with van der Waals surface area (Å²) in [6, 6.07) is 93.2. The maximum atomic E-state index is 6.63. The molecule has 1 aliphatic rings. The Hall–Kier alpha value is -8.92. The molecule has 68 heavy (non-hydrogen) atoms. The van der Waals surface area contributed by atoms with Crippen molar-refractivity contribution in [2.24, 2.45) is 0 Å². The Bertz CT molecular complexity index is 3990. The van der Waals surface area contributed by atoms with E-state index < -0.39 is 5.41 Å².